The van der Waals surface area contributed by atoms with E-state index in [1.807, 2.05) is 35.9 Å². The molecule has 0 aliphatic carbocycles. The molecule has 1 aliphatic rings. The van der Waals surface area contributed by atoms with Crippen LogP contribution in [0.15, 0.2) is 29.4 Å². The lowest BCUT2D eigenvalue weighted by molar-refractivity contribution is -0.138. The number of fused-ring (bicyclic) bond motifs is 1. The number of thiazole rings is 1. The van der Waals surface area contributed by atoms with Gasteiger partial charge in [-0.3, -0.25) is 19.3 Å². The number of hydrogen-bond acceptors (Lipinski definition) is 5. The van der Waals surface area contributed by atoms with E-state index >= 15 is 0 Å². The van der Waals surface area contributed by atoms with Crippen molar-refractivity contribution < 1.29 is 14.4 Å². The summed E-state index contributed by atoms with van der Waals surface area (Å²) in [7, 11) is 1.88. The van der Waals surface area contributed by atoms with Gasteiger partial charge in [-0.1, -0.05) is 23.5 Å². The number of aromatic nitrogens is 1. The van der Waals surface area contributed by atoms with Crippen molar-refractivity contribution in [3.63, 3.8) is 0 Å². The van der Waals surface area contributed by atoms with E-state index in [1.54, 1.807) is 0 Å². The smallest absolute Gasteiger partial charge is 0.241 e. The fourth-order valence-electron chi connectivity index (χ4n) is 2.44. The molecular formula is C15H16N4O3S. The quantitative estimate of drug-likeness (QED) is 0.661. The summed E-state index contributed by atoms with van der Waals surface area (Å²) in [4.78, 5) is 36.6. The number of benzene rings is 1. The zero-order valence-electron chi connectivity index (χ0n) is 12.6. The second kappa shape index (κ2) is 6.33. The van der Waals surface area contributed by atoms with Crippen LogP contribution in [0.3, 0.4) is 0 Å². The largest absolute Gasteiger partial charge is 0.318 e. The minimum Gasteiger partial charge on any atom is -0.318 e. The van der Waals surface area contributed by atoms with Crippen LogP contribution in [0.4, 0.5) is 0 Å². The van der Waals surface area contributed by atoms with E-state index in [2.05, 4.69) is 10.5 Å². The molecule has 1 fully saturated rings. The van der Waals surface area contributed by atoms with Crippen LogP contribution < -0.4 is 10.2 Å². The van der Waals surface area contributed by atoms with E-state index in [-0.39, 0.29) is 43.5 Å². The highest BCUT2D eigenvalue weighted by molar-refractivity contribution is 7.16. The molecule has 0 radical (unpaired) electrons. The Morgan fingerprint density at radius 1 is 1.26 bits per heavy atom. The number of hydrogen-bond donors (Lipinski definition) is 1. The maximum atomic E-state index is 11.9. The Morgan fingerprint density at radius 2 is 1.96 bits per heavy atom. The number of carbonyl (C=O) groups excluding carboxylic acids is 3. The Balaban J connectivity index is 1.64. The minimum absolute atomic E-state index is 0.0512. The lowest BCUT2D eigenvalue weighted by Crippen LogP contribution is -2.33. The first-order valence-electron chi connectivity index (χ1n) is 7.26. The van der Waals surface area contributed by atoms with Gasteiger partial charge >= 0.3 is 0 Å². The van der Waals surface area contributed by atoms with E-state index in [4.69, 9.17) is 0 Å². The molecule has 23 heavy (non-hydrogen) atoms. The lowest BCUT2D eigenvalue weighted by atomic mass is 10.3. The fraction of sp³-hybridized carbons (Fsp3) is 0.333. The molecule has 120 valence electrons. The van der Waals surface area contributed by atoms with Gasteiger partial charge in [0, 0.05) is 32.9 Å². The van der Waals surface area contributed by atoms with Crippen molar-refractivity contribution in [1.82, 2.24) is 14.9 Å². The van der Waals surface area contributed by atoms with Crippen molar-refractivity contribution >= 4 is 39.3 Å². The normalized spacial score (nSPS) is 15.7. The van der Waals surface area contributed by atoms with E-state index in [0.717, 1.165) is 15.1 Å². The predicted molar refractivity (Wildman–Crippen MR) is 85.1 cm³/mol. The molecule has 0 bridgehead atoms. The van der Waals surface area contributed by atoms with Gasteiger partial charge in [0.05, 0.1) is 10.2 Å². The molecule has 8 heteroatoms. The highest BCUT2D eigenvalue weighted by Crippen LogP contribution is 2.15. The van der Waals surface area contributed by atoms with Crippen molar-refractivity contribution in [2.45, 2.75) is 19.3 Å². The summed E-state index contributed by atoms with van der Waals surface area (Å²) in [5.41, 5.74) is 3.52. The molecule has 3 amide bonds. The maximum absolute atomic E-state index is 11.9. The van der Waals surface area contributed by atoms with Gasteiger partial charge in [-0.15, -0.1) is 5.10 Å². The number of imide groups is 1. The van der Waals surface area contributed by atoms with E-state index < -0.39 is 0 Å². The standard InChI is InChI=1S/C15H16N4O3S/c1-18-10-4-2-3-5-11(10)23-15(18)17-16-12(20)8-9-19-13(21)6-7-14(19)22/h2-5H,6-9H2,1H3,(H,16,20)/b17-15-. The molecular weight excluding hydrogens is 316 g/mol. The van der Waals surface area contributed by atoms with Crippen LogP contribution in [0.5, 0.6) is 0 Å². The van der Waals surface area contributed by atoms with Crippen LogP contribution in [-0.4, -0.2) is 33.7 Å². The van der Waals surface area contributed by atoms with Gasteiger partial charge in [-0.25, -0.2) is 5.43 Å². The second-order valence-electron chi connectivity index (χ2n) is 5.25. The zero-order valence-corrected chi connectivity index (χ0v) is 13.4. The first kappa shape index (κ1) is 15.4. The number of nitrogens with zero attached hydrogens (tertiary/aromatic N) is 3. The first-order valence-corrected chi connectivity index (χ1v) is 8.08. The van der Waals surface area contributed by atoms with Crippen molar-refractivity contribution in [3.05, 3.63) is 29.1 Å². The third-order valence-corrected chi connectivity index (χ3v) is 4.82. The Morgan fingerprint density at radius 3 is 2.65 bits per heavy atom. The number of carbonyl (C=O) groups is 3. The third-order valence-electron chi connectivity index (χ3n) is 3.71. The van der Waals surface area contributed by atoms with Gasteiger partial charge in [0.2, 0.25) is 22.5 Å². The van der Waals surface area contributed by atoms with Crippen LogP contribution in [0.25, 0.3) is 10.2 Å². The van der Waals surface area contributed by atoms with Gasteiger partial charge < -0.3 is 4.57 Å². The van der Waals surface area contributed by atoms with Gasteiger partial charge in [-0.05, 0) is 12.1 Å². The zero-order chi connectivity index (χ0) is 16.4. The van der Waals surface area contributed by atoms with Crippen molar-refractivity contribution in [3.8, 4) is 0 Å². The summed E-state index contributed by atoms with van der Waals surface area (Å²) in [6.45, 7) is 0.109. The fourth-order valence-corrected chi connectivity index (χ4v) is 3.42. The van der Waals surface area contributed by atoms with Crippen LogP contribution >= 0.6 is 11.3 Å². The number of amides is 3. The van der Waals surface area contributed by atoms with Crippen molar-refractivity contribution in [2.75, 3.05) is 6.54 Å². The Hall–Kier alpha value is -2.48. The Kier molecular flexibility index (Phi) is 4.24. The average Bonchev–Trinajstić information content (AvgIpc) is 3.04. The maximum Gasteiger partial charge on any atom is 0.241 e. The molecule has 1 aromatic heterocycles. The van der Waals surface area contributed by atoms with Crippen molar-refractivity contribution in [2.24, 2.45) is 12.1 Å². The molecule has 2 heterocycles. The molecule has 2 aromatic rings. The number of likely N-dealkylation sites (tertiary alicyclic amines) is 1. The molecule has 1 aromatic carbocycles. The van der Waals surface area contributed by atoms with Gasteiger partial charge in [0.25, 0.3) is 0 Å². The summed E-state index contributed by atoms with van der Waals surface area (Å²) < 4.78 is 2.98. The summed E-state index contributed by atoms with van der Waals surface area (Å²) in [5.74, 6) is -0.749. The van der Waals surface area contributed by atoms with Gasteiger partial charge in [0.15, 0.2) is 0 Å². The topological polar surface area (TPSA) is 83.8 Å². The number of rotatable bonds is 4. The SMILES string of the molecule is Cn1/c(=N/NC(=O)CCN2C(=O)CCC2=O)sc2ccccc21. The summed E-state index contributed by atoms with van der Waals surface area (Å²) in [6.07, 6.45) is 0.528. The summed E-state index contributed by atoms with van der Waals surface area (Å²) >= 11 is 1.47. The first-order chi connectivity index (χ1) is 11.1. The van der Waals surface area contributed by atoms with Gasteiger partial charge in [-0.2, -0.15) is 0 Å². The number of nitrogens with one attached hydrogen (secondary N) is 1. The molecule has 0 unspecified atom stereocenters. The van der Waals surface area contributed by atoms with E-state index in [1.165, 1.54) is 11.3 Å². The predicted octanol–water partition coefficient (Wildman–Crippen LogP) is 0.711. The van der Waals surface area contributed by atoms with Crippen LogP contribution in [0.1, 0.15) is 19.3 Å². The monoisotopic (exact) mass is 332 g/mol. The van der Waals surface area contributed by atoms with Crippen molar-refractivity contribution in [1.29, 1.82) is 0 Å². The van der Waals surface area contributed by atoms with Crippen LogP contribution in [0.2, 0.25) is 0 Å². The number of para-hydroxylation sites is 1. The Bertz CT molecular complexity index is 836. The highest BCUT2D eigenvalue weighted by atomic mass is 32.1. The highest BCUT2D eigenvalue weighted by Gasteiger charge is 2.28. The van der Waals surface area contributed by atoms with E-state index in [0.29, 0.717) is 4.80 Å². The molecule has 0 spiro atoms. The molecule has 1 aliphatic heterocycles. The molecule has 3 rings (SSSR count). The molecule has 1 saturated heterocycles. The minimum atomic E-state index is -0.324. The molecule has 1 N–H and O–H groups in total. The molecule has 0 saturated carbocycles. The third kappa shape index (κ3) is 3.16. The summed E-state index contributed by atoms with van der Waals surface area (Å²) in [6, 6.07) is 7.87. The molecule has 0 atom stereocenters. The van der Waals surface area contributed by atoms with Crippen LogP contribution in [0, 0.1) is 0 Å². The summed E-state index contributed by atoms with van der Waals surface area (Å²) in [5, 5.41) is 4.12. The Labute approximate surface area is 136 Å². The van der Waals surface area contributed by atoms with E-state index in [9.17, 15) is 14.4 Å². The van der Waals surface area contributed by atoms with Crippen LogP contribution in [-0.2, 0) is 21.4 Å². The van der Waals surface area contributed by atoms with Gasteiger partial charge in [0.1, 0.15) is 0 Å². The second-order valence-corrected chi connectivity index (χ2v) is 6.26. The lowest BCUT2D eigenvalue weighted by Gasteiger charge is -2.12. The number of aryl methyl sites for hydroxylation is 1. The average molecular weight is 332 g/mol. The molecule has 7 nitrogen and oxygen atoms in total.